The molecular formula is C19H16F4N2O3. The first-order valence-corrected chi connectivity index (χ1v) is 8.35. The van der Waals surface area contributed by atoms with Gasteiger partial charge in [-0.15, -0.1) is 0 Å². The maximum absolute atomic E-state index is 13.4. The summed E-state index contributed by atoms with van der Waals surface area (Å²) >= 11 is 0. The average Bonchev–Trinajstić information content (AvgIpc) is 2.95. The monoisotopic (exact) mass is 396 g/mol. The maximum Gasteiger partial charge on any atom is 0.416 e. The molecule has 2 amide bonds. The van der Waals surface area contributed by atoms with E-state index in [2.05, 4.69) is 5.32 Å². The van der Waals surface area contributed by atoms with Crippen LogP contribution in [0.2, 0.25) is 0 Å². The predicted octanol–water partition coefficient (Wildman–Crippen LogP) is 2.63. The number of rotatable bonds is 4. The lowest BCUT2D eigenvalue weighted by atomic mass is 10.0. The number of nitrogens with one attached hydrogen (secondary N) is 1. The third-order valence-corrected chi connectivity index (χ3v) is 4.48. The molecule has 1 heterocycles. The summed E-state index contributed by atoms with van der Waals surface area (Å²) in [6.07, 6.45) is -4.92. The summed E-state index contributed by atoms with van der Waals surface area (Å²) in [5.41, 5.74) is -3.16. The molecule has 9 heteroatoms. The van der Waals surface area contributed by atoms with E-state index in [-0.39, 0.29) is 18.5 Å². The molecule has 1 aliphatic heterocycles. The van der Waals surface area contributed by atoms with Gasteiger partial charge in [0, 0.05) is 25.2 Å². The largest absolute Gasteiger partial charge is 0.416 e. The summed E-state index contributed by atoms with van der Waals surface area (Å²) in [7, 11) is 0. The molecule has 148 valence electrons. The van der Waals surface area contributed by atoms with Gasteiger partial charge in [-0.25, -0.2) is 4.39 Å². The van der Waals surface area contributed by atoms with Gasteiger partial charge in [0.25, 0.3) is 11.8 Å². The molecule has 3 rings (SSSR count). The van der Waals surface area contributed by atoms with Crippen LogP contribution >= 0.6 is 0 Å². The molecule has 1 fully saturated rings. The molecule has 2 aromatic carbocycles. The van der Waals surface area contributed by atoms with Crippen molar-refractivity contribution in [2.24, 2.45) is 0 Å². The number of hydrogen-bond acceptors (Lipinski definition) is 3. The molecule has 1 aliphatic rings. The first kappa shape index (κ1) is 19.8. The number of benzene rings is 2. The van der Waals surface area contributed by atoms with E-state index in [4.69, 9.17) is 0 Å². The van der Waals surface area contributed by atoms with Gasteiger partial charge in [-0.3, -0.25) is 9.59 Å². The van der Waals surface area contributed by atoms with Crippen LogP contribution in [0.25, 0.3) is 0 Å². The lowest BCUT2D eigenvalue weighted by Gasteiger charge is -2.22. The number of para-hydroxylation sites is 1. The minimum Gasteiger partial charge on any atom is -0.372 e. The Balaban J connectivity index is 1.72. The summed E-state index contributed by atoms with van der Waals surface area (Å²) < 4.78 is 51.7. The molecule has 0 aliphatic carbocycles. The molecule has 1 atom stereocenters. The second kappa shape index (κ2) is 7.23. The lowest BCUT2D eigenvalue weighted by molar-refractivity contribution is -0.149. The standard InChI is InChI=1S/C19H16F4N2O3/c20-14-9-12(8-13(10-14)19(21,22)23)11-24-16(26)18(28)6-7-25(17(18)27)15-4-2-1-3-5-15/h1-5,8-10,28H,6-7,11H2,(H,24,26). The van der Waals surface area contributed by atoms with Gasteiger partial charge in [-0.1, -0.05) is 18.2 Å². The van der Waals surface area contributed by atoms with Gasteiger partial charge in [0.15, 0.2) is 0 Å². The van der Waals surface area contributed by atoms with Crippen molar-refractivity contribution in [2.45, 2.75) is 24.7 Å². The second-order valence-corrected chi connectivity index (χ2v) is 6.43. The Labute approximate surface area is 157 Å². The number of hydrogen-bond donors (Lipinski definition) is 2. The van der Waals surface area contributed by atoms with Crippen LogP contribution in [0.1, 0.15) is 17.5 Å². The fourth-order valence-corrected chi connectivity index (χ4v) is 3.01. The number of halogens is 4. The van der Waals surface area contributed by atoms with Crippen LogP contribution in [-0.4, -0.2) is 29.1 Å². The van der Waals surface area contributed by atoms with E-state index >= 15 is 0 Å². The topological polar surface area (TPSA) is 69.6 Å². The van der Waals surface area contributed by atoms with E-state index in [0.717, 1.165) is 6.07 Å². The van der Waals surface area contributed by atoms with Crippen LogP contribution in [0.15, 0.2) is 48.5 Å². The highest BCUT2D eigenvalue weighted by molar-refractivity contribution is 6.16. The third-order valence-electron chi connectivity index (χ3n) is 4.48. The molecule has 0 bridgehead atoms. The van der Waals surface area contributed by atoms with Crippen molar-refractivity contribution in [1.82, 2.24) is 5.32 Å². The number of carbonyl (C=O) groups is 2. The molecular weight excluding hydrogens is 380 g/mol. The fourth-order valence-electron chi connectivity index (χ4n) is 3.01. The van der Waals surface area contributed by atoms with Gasteiger partial charge >= 0.3 is 6.18 Å². The third kappa shape index (κ3) is 3.84. The molecule has 1 unspecified atom stereocenters. The van der Waals surface area contributed by atoms with Crippen LogP contribution in [0.5, 0.6) is 0 Å². The van der Waals surface area contributed by atoms with Gasteiger partial charge in [-0.2, -0.15) is 13.2 Å². The van der Waals surface area contributed by atoms with E-state index in [1.807, 2.05) is 0 Å². The SMILES string of the molecule is O=C(NCc1cc(F)cc(C(F)(F)F)c1)C1(O)CCN(c2ccccc2)C1=O. The van der Waals surface area contributed by atoms with Gasteiger partial charge < -0.3 is 15.3 Å². The summed E-state index contributed by atoms with van der Waals surface area (Å²) in [6.45, 7) is -0.369. The molecule has 0 spiro atoms. The number of anilines is 1. The molecule has 1 saturated heterocycles. The summed E-state index contributed by atoms with van der Waals surface area (Å²) in [5, 5.41) is 12.7. The zero-order chi connectivity index (χ0) is 20.5. The van der Waals surface area contributed by atoms with E-state index in [9.17, 15) is 32.3 Å². The normalized spacial score (nSPS) is 19.8. The van der Waals surface area contributed by atoms with Crippen molar-refractivity contribution in [3.05, 3.63) is 65.5 Å². The van der Waals surface area contributed by atoms with Crippen molar-refractivity contribution in [3.63, 3.8) is 0 Å². The number of amides is 2. The minimum atomic E-state index is -4.74. The Bertz CT molecular complexity index is 902. The number of alkyl halides is 3. The lowest BCUT2D eigenvalue weighted by Crippen LogP contribution is -2.52. The predicted molar refractivity (Wildman–Crippen MR) is 91.6 cm³/mol. The number of nitrogens with zero attached hydrogens (tertiary/aromatic N) is 1. The summed E-state index contributed by atoms with van der Waals surface area (Å²) in [5.74, 6) is -2.98. The Morgan fingerprint density at radius 2 is 1.86 bits per heavy atom. The molecule has 2 aromatic rings. The van der Waals surface area contributed by atoms with E-state index < -0.39 is 41.5 Å². The average molecular weight is 396 g/mol. The van der Waals surface area contributed by atoms with Gasteiger partial charge in [0.1, 0.15) is 5.82 Å². The molecule has 0 radical (unpaired) electrons. The van der Waals surface area contributed by atoms with Crippen LogP contribution in [0.3, 0.4) is 0 Å². The molecule has 2 N–H and O–H groups in total. The number of carbonyl (C=O) groups excluding carboxylic acids is 2. The van der Waals surface area contributed by atoms with E-state index in [0.29, 0.717) is 17.8 Å². The van der Waals surface area contributed by atoms with Crippen molar-refractivity contribution < 1.29 is 32.3 Å². The highest BCUT2D eigenvalue weighted by Gasteiger charge is 2.51. The van der Waals surface area contributed by atoms with Crippen molar-refractivity contribution in [3.8, 4) is 0 Å². The quantitative estimate of drug-likeness (QED) is 0.617. The van der Waals surface area contributed by atoms with Gasteiger partial charge in [0.2, 0.25) is 5.60 Å². The molecule has 5 nitrogen and oxygen atoms in total. The minimum absolute atomic E-state index is 0.102. The smallest absolute Gasteiger partial charge is 0.372 e. The zero-order valence-electron chi connectivity index (χ0n) is 14.5. The van der Waals surface area contributed by atoms with Crippen molar-refractivity contribution in [1.29, 1.82) is 0 Å². The van der Waals surface area contributed by atoms with Crippen LogP contribution in [-0.2, 0) is 22.3 Å². The van der Waals surface area contributed by atoms with Crippen LogP contribution in [0.4, 0.5) is 23.2 Å². The Hall–Kier alpha value is -2.94. The number of aliphatic hydroxyl groups is 1. The first-order chi connectivity index (χ1) is 13.1. The van der Waals surface area contributed by atoms with E-state index in [1.54, 1.807) is 30.3 Å². The maximum atomic E-state index is 13.4. The summed E-state index contributed by atoms with van der Waals surface area (Å²) in [4.78, 5) is 26.1. The highest BCUT2D eigenvalue weighted by Crippen LogP contribution is 2.31. The van der Waals surface area contributed by atoms with Crippen LogP contribution < -0.4 is 10.2 Å². The van der Waals surface area contributed by atoms with Crippen molar-refractivity contribution in [2.75, 3.05) is 11.4 Å². The van der Waals surface area contributed by atoms with Crippen molar-refractivity contribution >= 4 is 17.5 Å². The first-order valence-electron chi connectivity index (χ1n) is 8.35. The Morgan fingerprint density at radius 3 is 2.50 bits per heavy atom. The molecule has 0 aromatic heterocycles. The summed E-state index contributed by atoms with van der Waals surface area (Å²) in [6, 6.07) is 10.3. The Morgan fingerprint density at radius 1 is 1.18 bits per heavy atom. The Kier molecular flexibility index (Phi) is 5.12. The zero-order valence-corrected chi connectivity index (χ0v) is 14.5. The van der Waals surface area contributed by atoms with Crippen LogP contribution in [0, 0.1) is 5.82 Å². The molecule has 0 saturated carbocycles. The van der Waals surface area contributed by atoms with E-state index in [1.165, 1.54) is 4.90 Å². The second-order valence-electron chi connectivity index (χ2n) is 6.43. The van der Waals surface area contributed by atoms with Gasteiger partial charge in [0.05, 0.1) is 5.56 Å². The van der Waals surface area contributed by atoms with Gasteiger partial charge in [-0.05, 0) is 35.9 Å². The highest BCUT2D eigenvalue weighted by atomic mass is 19.4. The fraction of sp³-hybridized carbons (Fsp3) is 0.263. The molecule has 28 heavy (non-hydrogen) atoms.